The molecule has 0 aliphatic heterocycles. The lowest BCUT2D eigenvalue weighted by atomic mass is 10.2. The molecule has 7 heteroatoms. The number of hydrogen-bond donors (Lipinski definition) is 4. The molecule has 20 heavy (non-hydrogen) atoms. The van der Waals surface area contributed by atoms with Crippen molar-refractivity contribution >= 4 is 33.5 Å². The van der Waals surface area contributed by atoms with Gasteiger partial charge < -0.3 is 20.8 Å². The largest absolute Gasteiger partial charge is 0.480 e. The second kappa shape index (κ2) is 8.68. The molecule has 1 unspecified atom stereocenters. The van der Waals surface area contributed by atoms with Crippen molar-refractivity contribution in [3.05, 3.63) is 28.7 Å². The Morgan fingerprint density at radius 1 is 1.25 bits per heavy atom. The first-order valence-corrected chi connectivity index (χ1v) is 6.94. The summed E-state index contributed by atoms with van der Waals surface area (Å²) >= 11 is 3.29. The van der Waals surface area contributed by atoms with Crippen molar-refractivity contribution in [3.63, 3.8) is 0 Å². The number of carboxylic acid groups (broad SMARTS) is 1. The maximum absolute atomic E-state index is 11.8. The number of carbonyl (C=O) groups excluding carboxylic acids is 1. The van der Waals surface area contributed by atoms with E-state index in [1.807, 2.05) is 0 Å². The van der Waals surface area contributed by atoms with Gasteiger partial charge in [-0.3, -0.25) is 9.59 Å². The second-order valence-electron chi connectivity index (χ2n) is 4.18. The quantitative estimate of drug-likeness (QED) is 0.531. The summed E-state index contributed by atoms with van der Waals surface area (Å²) in [6, 6.07) is 6.04. The number of carbonyl (C=O) groups is 2. The van der Waals surface area contributed by atoms with E-state index in [0.29, 0.717) is 18.7 Å². The number of carboxylic acids is 1. The number of amides is 1. The minimum absolute atomic E-state index is 0.0234. The number of aliphatic carboxylic acids is 1. The molecular formula is C13H17BrN2O4. The lowest BCUT2D eigenvalue weighted by Crippen LogP contribution is -2.40. The number of halogens is 1. The predicted octanol–water partition coefficient (Wildman–Crippen LogP) is 1.20. The van der Waals surface area contributed by atoms with Crippen LogP contribution >= 0.6 is 15.9 Å². The molecule has 0 aliphatic rings. The molecule has 0 bridgehead atoms. The first kappa shape index (κ1) is 16.6. The average molecular weight is 345 g/mol. The molecular weight excluding hydrogens is 328 g/mol. The zero-order valence-electron chi connectivity index (χ0n) is 10.8. The van der Waals surface area contributed by atoms with E-state index in [-0.39, 0.29) is 18.9 Å². The molecule has 1 amide bonds. The lowest BCUT2D eigenvalue weighted by molar-refractivity contribution is -0.141. The van der Waals surface area contributed by atoms with Crippen LogP contribution in [-0.2, 0) is 9.59 Å². The van der Waals surface area contributed by atoms with Gasteiger partial charge in [-0.25, -0.2) is 0 Å². The van der Waals surface area contributed by atoms with Gasteiger partial charge in [0.05, 0.1) is 6.42 Å². The zero-order chi connectivity index (χ0) is 15.0. The van der Waals surface area contributed by atoms with Crippen LogP contribution < -0.4 is 10.6 Å². The van der Waals surface area contributed by atoms with E-state index in [1.54, 1.807) is 24.3 Å². The molecule has 6 nitrogen and oxygen atoms in total. The highest BCUT2D eigenvalue weighted by molar-refractivity contribution is 9.10. The summed E-state index contributed by atoms with van der Waals surface area (Å²) in [6.45, 7) is 0.323. The average Bonchev–Trinajstić information content (AvgIpc) is 2.40. The zero-order valence-corrected chi connectivity index (χ0v) is 12.4. The molecule has 1 atom stereocenters. The number of aliphatic hydroxyl groups excluding tert-OH is 1. The molecule has 4 N–H and O–H groups in total. The van der Waals surface area contributed by atoms with Crippen LogP contribution in [0, 0.1) is 0 Å². The van der Waals surface area contributed by atoms with Gasteiger partial charge in [0.15, 0.2) is 0 Å². The SMILES string of the molecule is O=C(CC(NCCCO)C(=O)O)Nc1ccc(Br)cc1. The van der Waals surface area contributed by atoms with Gasteiger partial charge in [0.2, 0.25) is 5.91 Å². The van der Waals surface area contributed by atoms with Gasteiger partial charge in [0.1, 0.15) is 6.04 Å². The van der Waals surface area contributed by atoms with Crippen LogP contribution in [0.25, 0.3) is 0 Å². The van der Waals surface area contributed by atoms with E-state index in [0.717, 1.165) is 4.47 Å². The maximum Gasteiger partial charge on any atom is 0.321 e. The van der Waals surface area contributed by atoms with E-state index >= 15 is 0 Å². The number of nitrogens with one attached hydrogen (secondary N) is 2. The van der Waals surface area contributed by atoms with Crippen molar-refractivity contribution in [2.45, 2.75) is 18.9 Å². The Kier molecular flexibility index (Phi) is 7.21. The number of hydrogen-bond acceptors (Lipinski definition) is 4. The molecule has 0 spiro atoms. The van der Waals surface area contributed by atoms with Gasteiger partial charge in [-0.05, 0) is 37.2 Å². The molecule has 0 fully saturated rings. The van der Waals surface area contributed by atoms with E-state index in [2.05, 4.69) is 26.6 Å². The standard InChI is InChI=1S/C13H17BrN2O4/c14-9-2-4-10(5-3-9)16-12(18)8-11(13(19)20)15-6-1-7-17/h2-5,11,15,17H,1,6-8H2,(H,16,18)(H,19,20). The van der Waals surface area contributed by atoms with Crippen molar-refractivity contribution in [2.24, 2.45) is 0 Å². The Morgan fingerprint density at radius 3 is 2.45 bits per heavy atom. The first-order valence-electron chi connectivity index (χ1n) is 6.15. The van der Waals surface area contributed by atoms with Gasteiger partial charge in [0, 0.05) is 16.8 Å². The molecule has 0 saturated heterocycles. The van der Waals surface area contributed by atoms with Crippen LogP contribution in [0.3, 0.4) is 0 Å². The van der Waals surface area contributed by atoms with Gasteiger partial charge in [-0.15, -0.1) is 0 Å². The molecule has 0 radical (unpaired) electrons. The fraction of sp³-hybridized carbons (Fsp3) is 0.385. The van der Waals surface area contributed by atoms with Crippen molar-refractivity contribution in [1.29, 1.82) is 0 Å². The Bertz CT molecular complexity index is 450. The lowest BCUT2D eigenvalue weighted by Gasteiger charge is -2.14. The normalized spacial score (nSPS) is 11.9. The van der Waals surface area contributed by atoms with Crippen LogP contribution in [0.4, 0.5) is 5.69 Å². The third kappa shape index (κ3) is 6.14. The first-order chi connectivity index (χ1) is 9.52. The maximum atomic E-state index is 11.8. The topological polar surface area (TPSA) is 98.7 Å². The highest BCUT2D eigenvalue weighted by Crippen LogP contribution is 2.14. The third-order valence-corrected chi connectivity index (χ3v) is 3.07. The van der Waals surface area contributed by atoms with Crippen LogP contribution in [0.5, 0.6) is 0 Å². The van der Waals surface area contributed by atoms with E-state index in [9.17, 15) is 9.59 Å². The minimum Gasteiger partial charge on any atom is -0.480 e. The summed E-state index contributed by atoms with van der Waals surface area (Å²) in [5.41, 5.74) is 0.609. The molecule has 1 aromatic carbocycles. The Hall–Kier alpha value is -1.44. The molecule has 0 aliphatic carbocycles. The molecule has 110 valence electrons. The summed E-state index contributed by atoms with van der Waals surface area (Å²) in [7, 11) is 0. The van der Waals surface area contributed by atoms with Crippen LogP contribution in [0.15, 0.2) is 28.7 Å². The van der Waals surface area contributed by atoms with Crippen molar-refractivity contribution < 1.29 is 19.8 Å². The number of rotatable bonds is 8. The smallest absolute Gasteiger partial charge is 0.321 e. The molecule has 0 saturated carbocycles. The summed E-state index contributed by atoms with van der Waals surface area (Å²) < 4.78 is 0.893. The Balaban J connectivity index is 2.48. The fourth-order valence-electron chi connectivity index (χ4n) is 1.53. The van der Waals surface area contributed by atoms with Gasteiger partial charge >= 0.3 is 5.97 Å². The van der Waals surface area contributed by atoms with Crippen molar-refractivity contribution in [3.8, 4) is 0 Å². The Morgan fingerprint density at radius 2 is 1.90 bits per heavy atom. The monoisotopic (exact) mass is 344 g/mol. The summed E-state index contributed by atoms with van der Waals surface area (Å²) in [6.07, 6.45) is 0.273. The molecule has 0 aromatic heterocycles. The summed E-state index contributed by atoms with van der Waals surface area (Å²) in [4.78, 5) is 22.8. The highest BCUT2D eigenvalue weighted by atomic mass is 79.9. The van der Waals surface area contributed by atoms with Gasteiger partial charge in [-0.2, -0.15) is 0 Å². The fourth-order valence-corrected chi connectivity index (χ4v) is 1.80. The summed E-state index contributed by atoms with van der Waals surface area (Å²) in [5.74, 6) is -1.47. The molecule has 1 aromatic rings. The van der Waals surface area contributed by atoms with Gasteiger partial charge in [-0.1, -0.05) is 15.9 Å². The molecule has 1 rings (SSSR count). The van der Waals surface area contributed by atoms with E-state index < -0.39 is 12.0 Å². The number of benzene rings is 1. The second-order valence-corrected chi connectivity index (χ2v) is 5.10. The van der Waals surface area contributed by atoms with Gasteiger partial charge in [0.25, 0.3) is 0 Å². The summed E-state index contributed by atoms with van der Waals surface area (Å²) in [5, 5.41) is 23.0. The van der Waals surface area contributed by atoms with Crippen LogP contribution in [0.2, 0.25) is 0 Å². The number of aliphatic hydroxyl groups is 1. The van der Waals surface area contributed by atoms with E-state index in [4.69, 9.17) is 10.2 Å². The van der Waals surface area contributed by atoms with Crippen LogP contribution in [0.1, 0.15) is 12.8 Å². The molecule has 0 heterocycles. The highest BCUT2D eigenvalue weighted by Gasteiger charge is 2.20. The number of anilines is 1. The van der Waals surface area contributed by atoms with Crippen molar-refractivity contribution in [2.75, 3.05) is 18.5 Å². The van der Waals surface area contributed by atoms with E-state index in [1.165, 1.54) is 0 Å². The minimum atomic E-state index is -1.09. The third-order valence-electron chi connectivity index (χ3n) is 2.54. The van der Waals surface area contributed by atoms with Crippen LogP contribution in [-0.4, -0.2) is 41.3 Å². The van der Waals surface area contributed by atoms with Crippen molar-refractivity contribution in [1.82, 2.24) is 5.32 Å². The Labute approximate surface area is 125 Å². The predicted molar refractivity (Wildman–Crippen MR) is 78.5 cm³/mol.